The summed E-state index contributed by atoms with van der Waals surface area (Å²) < 4.78 is 10.9. The predicted molar refractivity (Wildman–Crippen MR) is 136 cm³/mol. The molecular formula is C28H47NO4. The molecule has 0 aromatic heterocycles. The highest BCUT2D eigenvalue weighted by molar-refractivity contribution is 5.88. The molecular weight excluding hydrogens is 414 g/mol. The molecule has 0 radical (unpaired) electrons. The second-order valence-corrected chi connectivity index (χ2v) is 10.6. The van der Waals surface area contributed by atoms with E-state index >= 15 is 0 Å². The summed E-state index contributed by atoms with van der Waals surface area (Å²) in [5.74, 6) is 0.911. The molecule has 1 N–H and O–H groups in total. The molecule has 0 saturated heterocycles. The average molecular weight is 462 g/mol. The third-order valence-electron chi connectivity index (χ3n) is 6.02. The number of imide groups is 1. The molecule has 0 unspecified atom stereocenters. The Labute approximate surface area is 202 Å². The van der Waals surface area contributed by atoms with Gasteiger partial charge in [-0.2, -0.15) is 0 Å². The van der Waals surface area contributed by atoms with Crippen LogP contribution in [-0.4, -0.2) is 18.8 Å². The van der Waals surface area contributed by atoms with E-state index in [-0.39, 0.29) is 23.9 Å². The van der Waals surface area contributed by atoms with Crippen LogP contribution in [0.1, 0.15) is 129 Å². The maximum atomic E-state index is 12.4. The summed E-state index contributed by atoms with van der Waals surface area (Å²) in [4.78, 5) is 24.6. The van der Waals surface area contributed by atoms with Gasteiger partial charge >= 0.3 is 12.2 Å². The Hall–Kier alpha value is -2.04. The predicted octanol–water partition coefficient (Wildman–Crippen LogP) is 8.72. The number of rotatable bonds is 14. The van der Waals surface area contributed by atoms with Gasteiger partial charge in [0.1, 0.15) is 5.75 Å². The third-order valence-corrected chi connectivity index (χ3v) is 6.02. The Morgan fingerprint density at radius 2 is 1.36 bits per heavy atom. The lowest BCUT2D eigenvalue weighted by molar-refractivity contribution is 0.0924. The van der Waals surface area contributed by atoms with E-state index in [1.807, 2.05) is 45.9 Å². The van der Waals surface area contributed by atoms with Crippen LogP contribution in [0.25, 0.3) is 0 Å². The first-order valence-corrected chi connectivity index (χ1v) is 12.9. The Morgan fingerprint density at radius 3 is 1.88 bits per heavy atom. The van der Waals surface area contributed by atoms with Gasteiger partial charge in [-0.15, -0.1) is 0 Å². The van der Waals surface area contributed by atoms with E-state index in [1.54, 1.807) is 0 Å². The summed E-state index contributed by atoms with van der Waals surface area (Å²) in [6.45, 7) is 14.9. The minimum Gasteiger partial charge on any atom is -0.449 e. The molecule has 0 atom stereocenters. The Bertz CT molecular complexity index is 698. The summed E-state index contributed by atoms with van der Waals surface area (Å²) in [6.07, 6.45) is 9.61. The zero-order valence-corrected chi connectivity index (χ0v) is 22.1. The van der Waals surface area contributed by atoms with Crippen molar-refractivity contribution in [3.63, 3.8) is 0 Å². The van der Waals surface area contributed by atoms with E-state index in [1.165, 1.54) is 44.9 Å². The molecule has 1 aromatic rings. The van der Waals surface area contributed by atoms with Crippen LogP contribution in [0.5, 0.6) is 5.75 Å². The largest absolute Gasteiger partial charge is 0.449 e. The summed E-state index contributed by atoms with van der Waals surface area (Å²) in [6, 6.07) is 5.87. The van der Waals surface area contributed by atoms with Crippen LogP contribution >= 0.6 is 0 Å². The van der Waals surface area contributed by atoms with Crippen LogP contribution in [0, 0.1) is 5.41 Å². The number of ether oxygens (including phenoxy) is 2. The standard InChI is InChI=1S/C28H47NO4/c1-8-9-10-11-12-13-14-15-19-28(6,7)20-32-26(30)29-27(31)33-25-23(21(2)3)17-16-18-24(25)22(4)5/h16-18,21-22H,8-15,19-20H2,1-7H3,(H,29,30,31). The fraction of sp³-hybridized carbons (Fsp3) is 0.714. The number of benzene rings is 1. The number of alkyl carbamates (subject to hydrolysis) is 1. The van der Waals surface area contributed by atoms with E-state index in [9.17, 15) is 9.59 Å². The fourth-order valence-corrected chi connectivity index (χ4v) is 3.91. The van der Waals surface area contributed by atoms with Crippen LogP contribution in [0.15, 0.2) is 18.2 Å². The summed E-state index contributed by atoms with van der Waals surface area (Å²) >= 11 is 0. The highest BCUT2D eigenvalue weighted by Crippen LogP contribution is 2.34. The van der Waals surface area contributed by atoms with Crippen molar-refractivity contribution < 1.29 is 19.1 Å². The zero-order valence-electron chi connectivity index (χ0n) is 22.1. The first kappa shape index (κ1) is 29.0. The lowest BCUT2D eigenvalue weighted by Gasteiger charge is -2.24. The van der Waals surface area contributed by atoms with Gasteiger partial charge in [-0.25, -0.2) is 14.9 Å². The number of hydrogen-bond donors (Lipinski definition) is 1. The van der Waals surface area contributed by atoms with Crippen LogP contribution in [0.4, 0.5) is 9.59 Å². The molecule has 0 aliphatic carbocycles. The molecule has 1 rings (SSSR count). The van der Waals surface area contributed by atoms with Gasteiger partial charge in [-0.1, -0.05) is 118 Å². The summed E-state index contributed by atoms with van der Waals surface area (Å²) in [5.41, 5.74) is 1.76. The van der Waals surface area contributed by atoms with Gasteiger partial charge in [0.15, 0.2) is 0 Å². The van der Waals surface area contributed by atoms with E-state index in [2.05, 4.69) is 26.1 Å². The Kier molecular flexibility index (Phi) is 13.2. The average Bonchev–Trinajstić information content (AvgIpc) is 2.74. The van der Waals surface area contributed by atoms with E-state index in [0.29, 0.717) is 5.75 Å². The summed E-state index contributed by atoms with van der Waals surface area (Å²) in [7, 11) is 0. The first-order chi connectivity index (χ1) is 15.6. The van der Waals surface area contributed by atoms with Gasteiger partial charge < -0.3 is 9.47 Å². The molecule has 33 heavy (non-hydrogen) atoms. The highest BCUT2D eigenvalue weighted by Gasteiger charge is 2.22. The van der Waals surface area contributed by atoms with Gasteiger partial charge in [-0.3, -0.25) is 0 Å². The molecule has 0 aliphatic heterocycles. The molecule has 5 nitrogen and oxygen atoms in total. The summed E-state index contributed by atoms with van der Waals surface area (Å²) in [5, 5.41) is 2.21. The first-order valence-electron chi connectivity index (χ1n) is 12.9. The lowest BCUT2D eigenvalue weighted by Crippen LogP contribution is -2.36. The van der Waals surface area contributed by atoms with E-state index < -0.39 is 12.2 Å². The van der Waals surface area contributed by atoms with Gasteiger partial charge in [0.05, 0.1) is 6.61 Å². The second-order valence-electron chi connectivity index (χ2n) is 10.6. The quantitative estimate of drug-likeness (QED) is 0.281. The topological polar surface area (TPSA) is 64.6 Å². The van der Waals surface area contributed by atoms with Crippen LogP contribution < -0.4 is 10.1 Å². The number of nitrogens with one attached hydrogen (secondary N) is 1. The van der Waals surface area contributed by atoms with Crippen molar-refractivity contribution in [2.75, 3.05) is 6.61 Å². The van der Waals surface area contributed by atoms with Gasteiger partial charge in [0.2, 0.25) is 0 Å². The third kappa shape index (κ3) is 11.6. The molecule has 0 heterocycles. The van der Waals surface area contributed by atoms with Gasteiger partial charge in [-0.05, 0) is 34.8 Å². The monoisotopic (exact) mass is 461 g/mol. The maximum absolute atomic E-state index is 12.4. The minimum atomic E-state index is -0.809. The van der Waals surface area contributed by atoms with Crippen LogP contribution in [0.3, 0.4) is 0 Å². The van der Waals surface area contributed by atoms with Crippen LogP contribution in [-0.2, 0) is 4.74 Å². The number of hydrogen-bond acceptors (Lipinski definition) is 4. The molecule has 0 saturated carbocycles. The number of carbonyl (C=O) groups is 2. The van der Waals surface area contributed by atoms with E-state index in [0.717, 1.165) is 24.0 Å². The Balaban J connectivity index is 2.45. The van der Waals surface area contributed by atoms with Crippen molar-refractivity contribution in [3.05, 3.63) is 29.3 Å². The number of unbranched alkanes of at least 4 members (excludes halogenated alkanes) is 7. The van der Waals surface area contributed by atoms with Crippen LogP contribution in [0.2, 0.25) is 0 Å². The number of para-hydroxylation sites is 1. The molecule has 2 amide bonds. The molecule has 5 heteroatoms. The number of amides is 2. The number of carbonyl (C=O) groups excluding carboxylic acids is 2. The second kappa shape index (κ2) is 15.0. The van der Waals surface area contributed by atoms with Crippen molar-refractivity contribution in [3.8, 4) is 5.75 Å². The Morgan fingerprint density at radius 1 is 0.848 bits per heavy atom. The molecule has 0 bridgehead atoms. The fourth-order valence-electron chi connectivity index (χ4n) is 3.91. The van der Waals surface area contributed by atoms with Crippen molar-refractivity contribution in [1.29, 1.82) is 0 Å². The highest BCUT2D eigenvalue weighted by atomic mass is 16.6. The van der Waals surface area contributed by atoms with Crippen molar-refractivity contribution in [2.45, 2.75) is 118 Å². The zero-order chi connectivity index (χ0) is 24.9. The minimum absolute atomic E-state index is 0.126. The SMILES string of the molecule is CCCCCCCCCCC(C)(C)COC(=O)NC(=O)Oc1c(C(C)C)cccc1C(C)C. The maximum Gasteiger partial charge on any atom is 0.422 e. The smallest absolute Gasteiger partial charge is 0.422 e. The molecule has 0 aliphatic rings. The van der Waals surface area contributed by atoms with E-state index in [4.69, 9.17) is 9.47 Å². The van der Waals surface area contributed by atoms with Crippen molar-refractivity contribution >= 4 is 12.2 Å². The molecule has 0 fully saturated rings. The molecule has 188 valence electrons. The van der Waals surface area contributed by atoms with Crippen molar-refractivity contribution in [2.24, 2.45) is 5.41 Å². The van der Waals surface area contributed by atoms with Gasteiger partial charge in [0.25, 0.3) is 0 Å². The molecule has 0 spiro atoms. The van der Waals surface area contributed by atoms with Gasteiger partial charge in [0, 0.05) is 0 Å². The molecule has 1 aromatic carbocycles. The normalized spacial score (nSPS) is 11.7. The lowest BCUT2D eigenvalue weighted by atomic mass is 9.87. The van der Waals surface area contributed by atoms with Crippen molar-refractivity contribution in [1.82, 2.24) is 5.32 Å².